The second-order valence-electron chi connectivity index (χ2n) is 3.55. The van der Waals surface area contributed by atoms with Gasteiger partial charge in [-0.15, -0.1) is 0 Å². The maximum Gasteiger partial charge on any atom is 0.239 e. The molecular weight excluding hydrogens is 213 g/mol. The molecule has 0 bridgehead atoms. The van der Waals surface area contributed by atoms with Crippen LogP contribution < -0.4 is 16.6 Å². The molecule has 2 heterocycles. The molecule has 1 unspecified atom stereocenters. The monoisotopic (exact) mass is 227 g/mol. The summed E-state index contributed by atoms with van der Waals surface area (Å²) in [6, 6.07) is 0. The Morgan fingerprint density at radius 1 is 1.62 bits per heavy atom. The first-order valence-electron chi connectivity index (χ1n) is 5.14. The van der Waals surface area contributed by atoms with Gasteiger partial charge in [-0.05, 0) is 12.8 Å². The van der Waals surface area contributed by atoms with Gasteiger partial charge in [0.2, 0.25) is 5.95 Å². The van der Waals surface area contributed by atoms with E-state index in [-0.39, 0.29) is 17.9 Å². The summed E-state index contributed by atoms with van der Waals surface area (Å²) in [5, 5.41) is 2.88. The first-order chi connectivity index (χ1) is 7.79. The number of hydrogen-bond donors (Lipinski definition) is 3. The molecular formula is C9H14FN5O. The fraction of sp³-hybridized carbons (Fsp3) is 0.556. The first kappa shape index (κ1) is 11.0. The maximum atomic E-state index is 13.3. The second kappa shape index (κ2) is 5.04. The molecule has 6 nitrogen and oxygen atoms in total. The number of aromatic nitrogens is 2. The lowest BCUT2D eigenvalue weighted by Crippen LogP contribution is -2.20. The van der Waals surface area contributed by atoms with Crippen molar-refractivity contribution < 1.29 is 9.13 Å². The third-order valence-corrected chi connectivity index (χ3v) is 2.39. The summed E-state index contributed by atoms with van der Waals surface area (Å²) < 4.78 is 18.7. The first-order valence-corrected chi connectivity index (χ1v) is 5.14. The fourth-order valence-electron chi connectivity index (χ4n) is 1.58. The van der Waals surface area contributed by atoms with Crippen molar-refractivity contribution >= 4 is 11.8 Å². The third kappa shape index (κ3) is 2.56. The molecule has 1 saturated heterocycles. The molecule has 1 fully saturated rings. The van der Waals surface area contributed by atoms with E-state index in [0.717, 1.165) is 25.6 Å². The van der Waals surface area contributed by atoms with Gasteiger partial charge >= 0.3 is 0 Å². The lowest BCUT2D eigenvalue weighted by molar-refractivity contribution is 0.120. The molecule has 16 heavy (non-hydrogen) atoms. The molecule has 1 aromatic rings. The minimum Gasteiger partial charge on any atom is -0.376 e. The van der Waals surface area contributed by atoms with Crippen molar-refractivity contribution in [2.75, 3.05) is 23.9 Å². The van der Waals surface area contributed by atoms with Crippen molar-refractivity contribution in [1.82, 2.24) is 9.97 Å². The van der Waals surface area contributed by atoms with Crippen molar-refractivity contribution in [3.63, 3.8) is 0 Å². The highest BCUT2D eigenvalue weighted by Gasteiger charge is 2.16. The highest BCUT2D eigenvalue weighted by atomic mass is 19.1. The number of nitrogens with one attached hydrogen (secondary N) is 2. The summed E-state index contributed by atoms with van der Waals surface area (Å²) in [5.74, 6) is 4.95. The van der Waals surface area contributed by atoms with E-state index in [1.165, 1.54) is 0 Å². The van der Waals surface area contributed by atoms with E-state index in [1.807, 2.05) is 0 Å². The molecule has 1 aromatic heterocycles. The molecule has 2 rings (SSSR count). The smallest absolute Gasteiger partial charge is 0.239 e. The van der Waals surface area contributed by atoms with E-state index in [1.54, 1.807) is 0 Å². The van der Waals surface area contributed by atoms with Crippen molar-refractivity contribution in [3.8, 4) is 0 Å². The second-order valence-corrected chi connectivity index (χ2v) is 3.55. The Bertz CT molecular complexity index is 356. The SMILES string of the molecule is NNc1ncc(F)c(NCC2CCCO2)n1. The number of anilines is 2. The summed E-state index contributed by atoms with van der Waals surface area (Å²) in [6.45, 7) is 1.31. The molecule has 0 aliphatic carbocycles. The topological polar surface area (TPSA) is 85.1 Å². The molecule has 0 aromatic carbocycles. The van der Waals surface area contributed by atoms with Crippen LogP contribution in [0.1, 0.15) is 12.8 Å². The van der Waals surface area contributed by atoms with Crippen LogP contribution in [0.5, 0.6) is 0 Å². The number of nitrogen functional groups attached to an aromatic ring is 1. The minimum absolute atomic E-state index is 0.128. The number of ether oxygens (including phenoxy) is 1. The zero-order valence-electron chi connectivity index (χ0n) is 8.74. The lowest BCUT2D eigenvalue weighted by atomic mass is 10.2. The molecule has 4 N–H and O–H groups in total. The van der Waals surface area contributed by atoms with Gasteiger partial charge in [-0.1, -0.05) is 0 Å². The third-order valence-electron chi connectivity index (χ3n) is 2.39. The van der Waals surface area contributed by atoms with E-state index in [2.05, 4.69) is 20.7 Å². The van der Waals surface area contributed by atoms with Crippen LogP contribution in [0.25, 0.3) is 0 Å². The zero-order valence-corrected chi connectivity index (χ0v) is 8.74. The van der Waals surface area contributed by atoms with Gasteiger partial charge < -0.3 is 10.1 Å². The highest BCUT2D eigenvalue weighted by molar-refractivity contribution is 5.40. The zero-order chi connectivity index (χ0) is 11.4. The van der Waals surface area contributed by atoms with E-state index >= 15 is 0 Å². The van der Waals surface area contributed by atoms with Gasteiger partial charge in [0.15, 0.2) is 11.6 Å². The fourth-order valence-corrected chi connectivity index (χ4v) is 1.58. The largest absolute Gasteiger partial charge is 0.376 e. The highest BCUT2D eigenvalue weighted by Crippen LogP contribution is 2.15. The number of hydrogen-bond acceptors (Lipinski definition) is 6. The van der Waals surface area contributed by atoms with Crippen LogP contribution in [-0.4, -0.2) is 29.2 Å². The van der Waals surface area contributed by atoms with Crippen LogP contribution >= 0.6 is 0 Å². The van der Waals surface area contributed by atoms with E-state index < -0.39 is 5.82 Å². The molecule has 1 aliphatic heterocycles. The van der Waals surface area contributed by atoms with Gasteiger partial charge in [-0.3, -0.25) is 5.43 Å². The number of hydrazine groups is 1. The Labute approximate surface area is 92.4 Å². The molecule has 1 atom stereocenters. The van der Waals surface area contributed by atoms with Crippen molar-refractivity contribution in [2.24, 2.45) is 5.84 Å². The van der Waals surface area contributed by atoms with Gasteiger partial charge in [-0.25, -0.2) is 15.2 Å². The van der Waals surface area contributed by atoms with E-state index in [0.29, 0.717) is 6.54 Å². The molecule has 0 saturated carbocycles. The lowest BCUT2D eigenvalue weighted by Gasteiger charge is -2.12. The Kier molecular flexibility index (Phi) is 3.47. The molecule has 0 radical (unpaired) electrons. The molecule has 7 heteroatoms. The standard InChI is InChI=1S/C9H14FN5O/c10-7-5-13-9(15-11)14-8(7)12-4-6-2-1-3-16-6/h5-6H,1-4,11H2,(H2,12,13,14,15). The molecule has 1 aliphatic rings. The minimum atomic E-state index is -0.503. The Morgan fingerprint density at radius 3 is 3.19 bits per heavy atom. The predicted octanol–water partition coefficient (Wildman–Crippen LogP) is 0.492. The van der Waals surface area contributed by atoms with Gasteiger partial charge in [0, 0.05) is 13.2 Å². The number of halogens is 1. The molecule has 0 spiro atoms. The van der Waals surface area contributed by atoms with Gasteiger partial charge in [0.1, 0.15) is 0 Å². The number of rotatable bonds is 4. The summed E-state index contributed by atoms with van der Waals surface area (Å²) in [4.78, 5) is 7.51. The van der Waals surface area contributed by atoms with Gasteiger partial charge in [0.25, 0.3) is 0 Å². The number of nitrogens with zero attached hydrogens (tertiary/aromatic N) is 2. The average molecular weight is 227 g/mol. The normalized spacial score (nSPS) is 19.8. The maximum absolute atomic E-state index is 13.3. The molecule has 0 amide bonds. The predicted molar refractivity (Wildman–Crippen MR) is 57.3 cm³/mol. The van der Waals surface area contributed by atoms with Crippen molar-refractivity contribution in [1.29, 1.82) is 0 Å². The molecule has 88 valence electrons. The van der Waals surface area contributed by atoms with Crippen molar-refractivity contribution in [2.45, 2.75) is 18.9 Å². The average Bonchev–Trinajstić information content (AvgIpc) is 2.81. The van der Waals surface area contributed by atoms with E-state index in [9.17, 15) is 4.39 Å². The summed E-state index contributed by atoms with van der Waals surface area (Å²) in [6.07, 6.45) is 3.24. The Morgan fingerprint density at radius 2 is 2.50 bits per heavy atom. The van der Waals surface area contributed by atoms with Crippen LogP contribution in [0.15, 0.2) is 6.20 Å². The summed E-state index contributed by atoms with van der Waals surface area (Å²) in [7, 11) is 0. The van der Waals surface area contributed by atoms with E-state index in [4.69, 9.17) is 10.6 Å². The van der Waals surface area contributed by atoms with Gasteiger partial charge in [0.05, 0.1) is 12.3 Å². The van der Waals surface area contributed by atoms with Crippen LogP contribution in [0.3, 0.4) is 0 Å². The summed E-state index contributed by atoms with van der Waals surface area (Å²) in [5.41, 5.74) is 2.26. The van der Waals surface area contributed by atoms with Gasteiger partial charge in [-0.2, -0.15) is 4.98 Å². The van der Waals surface area contributed by atoms with Crippen molar-refractivity contribution in [3.05, 3.63) is 12.0 Å². The summed E-state index contributed by atoms with van der Waals surface area (Å²) >= 11 is 0. The quantitative estimate of drug-likeness (QED) is 0.513. The van der Waals surface area contributed by atoms with Crippen LogP contribution in [0.2, 0.25) is 0 Å². The Balaban J connectivity index is 1.96. The van der Waals surface area contributed by atoms with Crippen LogP contribution in [-0.2, 0) is 4.74 Å². The Hall–Kier alpha value is -1.47. The number of nitrogens with two attached hydrogens (primary N) is 1. The van der Waals surface area contributed by atoms with Crippen LogP contribution in [0, 0.1) is 5.82 Å². The van der Waals surface area contributed by atoms with Crippen LogP contribution in [0.4, 0.5) is 16.2 Å².